The molecule has 0 aliphatic carbocycles. The Morgan fingerprint density at radius 3 is 2.11 bits per heavy atom. The summed E-state index contributed by atoms with van der Waals surface area (Å²) in [4.78, 5) is 0. The average Bonchev–Trinajstić information content (AvgIpc) is 2.33. The summed E-state index contributed by atoms with van der Waals surface area (Å²) in [5.74, 6) is 0. The average molecular weight is 514 g/mol. The molecule has 2 aromatic carbocycles. The summed E-state index contributed by atoms with van der Waals surface area (Å²) in [6.07, 6.45) is -0.686. The van der Waals surface area contributed by atoms with E-state index in [1.807, 2.05) is 37.3 Å². The van der Waals surface area contributed by atoms with Crippen LogP contribution in [0.1, 0.15) is 22.8 Å². The fourth-order valence-corrected chi connectivity index (χ4v) is 4.06. The lowest BCUT2D eigenvalue weighted by atomic mass is 10.0. The third kappa shape index (κ3) is 3.50. The van der Waals surface area contributed by atoms with E-state index in [-0.39, 0.29) is 0 Å². The van der Waals surface area contributed by atoms with Crippen LogP contribution in [0.15, 0.2) is 48.2 Å². The minimum absolute atomic E-state index is 0.686. The van der Waals surface area contributed by atoms with E-state index in [0.717, 1.165) is 34.6 Å². The van der Waals surface area contributed by atoms with Gasteiger partial charge in [0.25, 0.3) is 0 Å². The Morgan fingerprint density at radius 2 is 1.47 bits per heavy atom. The number of rotatable bonds is 2. The molecule has 2 aromatic rings. The minimum Gasteiger partial charge on any atom is -0.384 e. The molecule has 0 amide bonds. The Balaban J connectivity index is 2.49. The molecule has 0 aliphatic rings. The molecule has 100 valence electrons. The molecule has 0 saturated heterocycles. The molecule has 1 nitrogen and oxygen atoms in total. The SMILES string of the molecule is Cc1cc(Br)c(C(O)c2ccc(Br)cc2Br)cc1Br. The van der Waals surface area contributed by atoms with Crippen molar-refractivity contribution in [2.45, 2.75) is 13.0 Å². The van der Waals surface area contributed by atoms with E-state index in [0.29, 0.717) is 0 Å². The molecule has 1 N–H and O–H groups in total. The number of aliphatic hydroxyl groups is 1. The summed E-state index contributed by atoms with van der Waals surface area (Å²) < 4.78 is 3.73. The van der Waals surface area contributed by atoms with Crippen molar-refractivity contribution in [1.82, 2.24) is 0 Å². The maximum absolute atomic E-state index is 10.6. The summed E-state index contributed by atoms with van der Waals surface area (Å²) in [5.41, 5.74) is 2.79. The third-order valence-corrected chi connectivity index (χ3v) is 5.55. The van der Waals surface area contributed by atoms with Crippen LogP contribution in [-0.2, 0) is 0 Å². The van der Waals surface area contributed by atoms with Crippen LogP contribution >= 0.6 is 63.7 Å². The molecule has 0 fully saturated rings. The number of hydrogen-bond donors (Lipinski definition) is 1. The monoisotopic (exact) mass is 510 g/mol. The Bertz CT molecular complexity index is 625. The van der Waals surface area contributed by atoms with Crippen LogP contribution in [0, 0.1) is 6.92 Å². The maximum atomic E-state index is 10.6. The van der Waals surface area contributed by atoms with Gasteiger partial charge in [-0.1, -0.05) is 69.8 Å². The van der Waals surface area contributed by atoms with E-state index in [4.69, 9.17) is 0 Å². The van der Waals surface area contributed by atoms with E-state index >= 15 is 0 Å². The molecule has 5 heteroatoms. The molecular weight excluding hydrogens is 504 g/mol. The van der Waals surface area contributed by atoms with E-state index in [9.17, 15) is 5.11 Å². The van der Waals surface area contributed by atoms with Crippen LogP contribution in [0.3, 0.4) is 0 Å². The first-order chi connectivity index (χ1) is 8.90. The molecule has 1 unspecified atom stereocenters. The third-order valence-electron chi connectivity index (χ3n) is 2.83. The van der Waals surface area contributed by atoms with Gasteiger partial charge in [0.05, 0.1) is 0 Å². The quantitative estimate of drug-likeness (QED) is 0.512. The van der Waals surface area contributed by atoms with Gasteiger partial charge in [-0.3, -0.25) is 0 Å². The van der Waals surface area contributed by atoms with Crippen LogP contribution in [0.25, 0.3) is 0 Å². The minimum atomic E-state index is -0.686. The normalized spacial score (nSPS) is 12.5. The summed E-state index contributed by atoms with van der Waals surface area (Å²) in [6, 6.07) is 9.68. The zero-order valence-electron chi connectivity index (χ0n) is 9.92. The van der Waals surface area contributed by atoms with Gasteiger partial charge in [-0.2, -0.15) is 0 Å². The topological polar surface area (TPSA) is 20.2 Å². The van der Waals surface area contributed by atoms with Crippen LogP contribution < -0.4 is 0 Å². The molecule has 19 heavy (non-hydrogen) atoms. The zero-order valence-corrected chi connectivity index (χ0v) is 16.3. The smallest absolute Gasteiger partial charge is 0.106 e. The largest absolute Gasteiger partial charge is 0.384 e. The van der Waals surface area contributed by atoms with Crippen LogP contribution in [0.5, 0.6) is 0 Å². The van der Waals surface area contributed by atoms with E-state index < -0.39 is 6.10 Å². The summed E-state index contributed by atoms with van der Waals surface area (Å²) in [6.45, 7) is 2.01. The van der Waals surface area contributed by atoms with Gasteiger partial charge in [0.2, 0.25) is 0 Å². The first kappa shape index (κ1) is 15.7. The Hall–Kier alpha value is 0.320. The van der Waals surface area contributed by atoms with E-state index in [1.54, 1.807) is 0 Å². The Kier molecular flexibility index (Phi) is 5.28. The van der Waals surface area contributed by atoms with Crippen molar-refractivity contribution in [1.29, 1.82) is 0 Å². The highest BCUT2D eigenvalue weighted by molar-refractivity contribution is 9.11. The van der Waals surface area contributed by atoms with Crippen molar-refractivity contribution in [2.24, 2.45) is 0 Å². The molecule has 1 atom stereocenters. The number of aryl methyl sites for hydroxylation is 1. The molecule has 0 bridgehead atoms. The van der Waals surface area contributed by atoms with Crippen molar-refractivity contribution >= 4 is 63.7 Å². The highest BCUT2D eigenvalue weighted by Gasteiger charge is 2.17. The van der Waals surface area contributed by atoms with Crippen molar-refractivity contribution in [2.75, 3.05) is 0 Å². The fourth-order valence-electron chi connectivity index (χ4n) is 1.76. The second-order valence-electron chi connectivity index (χ2n) is 4.19. The van der Waals surface area contributed by atoms with Gasteiger partial charge in [0, 0.05) is 23.5 Å². The Labute approximate surface area is 145 Å². The van der Waals surface area contributed by atoms with Gasteiger partial charge >= 0.3 is 0 Å². The lowest BCUT2D eigenvalue weighted by Crippen LogP contribution is -2.02. The van der Waals surface area contributed by atoms with E-state index in [1.165, 1.54) is 0 Å². The number of benzene rings is 2. The van der Waals surface area contributed by atoms with Gasteiger partial charge in [-0.05, 0) is 42.3 Å². The molecule has 0 aliphatic heterocycles. The van der Waals surface area contributed by atoms with Crippen molar-refractivity contribution < 1.29 is 5.11 Å². The van der Waals surface area contributed by atoms with Gasteiger partial charge in [0.15, 0.2) is 0 Å². The standard InChI is InChI=1S/C14H10Br4O/c1-7-4-12(17)10(6-11(7)16)14(19)9-3-2-8(15)5-13(9)18/h2-6,14,19H,1H3. The molecule has 0 aromatic heterocycles. The zero-order chi connectivity index (χ0) is 14.2. The highest BCUT2D eigenvalue weighted by atomic mass is 79.9. The lowest BCUT2D eigenvalue weighted by molar-refractivity contribution is 0.218. The number of hydrogen-bond acceptors (Lipinski definition) is 1. The predicted octanol–water partition coefficient (Wildman–Crippen LogP) is 6.13. The molecule has 0 saturated carbocycles. The molecule has 2 rings (SSSR count). The maximum Gasteiger partial charge on any atom is 0.106 e. The van der Waals surface area contributed by atoms with Gasteiger partial charge < -0.3 is 5.11 Å². The molecule has 0 radical (unpaired) electrons. The first-order valence-corrected chi connectivity index (χ1v) is 8.66. The predicted molar refractivity (Wildman–Crippen MR) is 92.5 cm³/mol. The van der Waals surface area contributed by atoms with Crippen molar-refractivity contribution in [3.8, 4) is 0 Å². The number of halogens is 4. The van der Waals surface area contributed by atoms with Crippen molar-refractivity contribution in [3.63, 3.8) is 0 Å². The van der Waals surface area contributed by atoms with Crippen LogP contribution in [0.4, 0.5) is 0 Å². The highest BCUT2D eigenvalue weighted by Crippen LogP contribution is 2.36. The van der Waals surface area contributed by atoms with Crippen molar-refractivity contribution in [3.05, 3.63) is 64.9 Å². The van der Waals surface area contributed by atoms with Gasteiger partial charge in [-0.25, -0.2) is 0 Å². The van der Waals surface area contributed by atoms with Gasteiger partial charge in [-0.15, -0.1) is 0 Å². The van der Waals surface area contributed by atoms with Crippen LogP contribution in [0.2, 0.25) is 0 Å². The summed E-state index contributed by atoms with van der Waals surface area (Å²) in [7, 11) is 0. The second-order valence-corrected chi connectivity index (χ2v) is 7.67. The molecule has 0 spiro atoms. The first-order valence-electron chi connectivity index (χ1n) is 5.48. The summed E-state index contributed by atoms with van der Waals surface area (Å²) >= 11 is 13.9. The summed E-state index contributed by atoms with van der Waals surface area (Å²) in [5, 5.41) is 10.6. The van der Waals surface area contributed by atoms with Gasteiger partial charge in [0.1, 0.15) is 6.10 Å². The fraction of sp³-hybridized carbons (Fsp3) is 0.143. The number of aliphatic hydroxyl groups excluding tert-OH is 1. The molecule has 0 heterocycles. The van der Waals surface area contributed by atoms with Crippen LogP contribution in [-0.4, -0.2) is 5.11 Å². The Morgan fingerprint density at radius 1 is 0.842 bits per heavy atom. The molecular formula is C14H10Br4O. The second kappa shape index (κ2) is 6.39. The lowest BCUT2D eigenvalue weighted by Gasteiger charge is -2.16. The van der Waals surface area contributed by atoms with E-state index in [2.05, 4.69) is 63.7 Å².